The molecule has 78 valence electrons. The van der Waals surface area contributed by atoms with Gasteiger partial charge in [-0.3, -0.25) is 5.43 Å². The standard InChI is InChI=1S/C12H20N2/c1-3-5-6-7-12(11-8-9-11)14-13-10-4-2/h3-5,11-12,14H,6-9H2,1-2H3/b5-3+. The Morgan fingerprint density at radius 3 is 2.86 bits per heavy atom. The summed E-state index contributed by atoms with van der Waals surface area (Å²) in [7, 11) is 0. The lowest BCUT2D eigenvalue weighted by molar-refractivity contribution is 0.452. The maximum Gasteiger partial charge on any atom is 0.0478 e. The van der Waals surface area contributed by atoms with E-state index < -0.39 is 0 Å². The quantitative estimate of drug-likeness (QED) is 0.390. The van der Waals surface area contributed by atoms with E-state index in [1.807, 2.05) is 13.0 Å². The maximum absolute atomic E-state index is 4.05. The van der Waals surface area contributed by atoms with Gasteiger partial charge in [0.25, 0.3) is 0 Å². The van der Waals surface area contributed by atoms with Crippen molar-refractivity contribution < 1.29 is 0 Å². The van der Waals surface area contributed by atoms with Gasteiger partial charge in [0.15, 0.2) is 0 Å². The van der Waals surface area contributed by atoms with Gasteiger partial charge in [-0.1, -0.05) is 12.2 Å². The Hall–Kier alpha value is -1.01. The first kappa shape index (κ1) is 11.1. The summed E-state index contributed by atoms with van der Waals surface area (Å²) >= 11 is 0. The van der Waals surface area contributed by atoms with E-state index in [2.05, 4.69) is 35.5 Å². The molecule has 0 amide bonds. The van der Waals surface area contributed by atoms with Crippen LogP contribution in [0.5, 0.6) is 0 Å². The van der Waals surface area contributed by atoms with Crippen LogP contribution in [0.25, 0.3) is 0 Å². The van der Waals surface area contributed by atoms with E-state index in [0.29, 0.717) is 6.04 Å². The van der Waals surface area contributed by atoms with Crippen LogP contribution < -0.4 is 5.43 Å². The smallest absolute Gasteiger partial charge is 0.0478 e. The zero-order valence-electron chi connectivity index (χ0n) is 9.16. The van der Waals surface area contributed by atoms with E-state index in [-0.39, 0.29) is 0 Å². The van der Waals surface area contributed by atoms with E-state index in [1.54, 1.807) is 0 Å². The number of nitrogens with zero attached hydrogens (tertiary/aromatic N) is 1. The molecule has 0 bridgehead atoms. The van der Waals surface area contributed by atoms with Crippen LogP contribution in [0, 0.1) is 5.92 Å². The van der Waals surface area contributed by atoms with Gasteiger partial charge in [-0.2, -0.15) is 0 Å². The number of hydrogen-bond donors (Lipinski definition) is 1. The molecule has 2 heteroatoms. The highest BCUT2D eigenvalue weighted by Crippen LogP contribution is 2.34. The van der Waals surface area contributed by atoms with Gasteiger partial charge in [0, 0.05) is 11.9 Å². The average Bonchev–Trinajstić information content (AvgIpc) is 2.99. The minimum absolute atomic E-state index is 0.554. The minimum atomic E-state index is 0.554. The number of rotatable bonds is 6. The Morgan fingerprint density at radius 2 is 2.29 bits per heavy atom. The summed E-state index contributed by atoms with van der Waals surface area (Å²) in [4.78, 5) is 0. The lowest BCUT2D eigenvalue weighted by Crippen LogP contribution is -2.26. The molecule has 1 fully saturated rings. The second-order valence-corrected chi connectivity index (χ2v) is 3.75. The number of hydrazone groups is 1. The fourth-order valence-corrected chi connectivity index (χ4v) is 1.53. The first-order valence-electron chi connectivity index (χ1n) is 5.48. The van der Waals surface area contributed by atoms with Crippen LogP contribution in [-0.4, -0.2) is 11.9 Å². The third kappa shape index (κ3) is 4.29. The molecular weight excluding hydrogens is 172 g/mol. The van der Waals surface area contributed by atoms with Crippen LogP contribution in [0.4, 0.5) is 0 Å². The first-order chi connectivity index (χ1) is 6.88. The summed E-state index contributed by atoms with van der Waals surface area (Å²) in [6, 6.07) is 0.554. The average molecular weight is 192 g/mol. The molecule has 14 heavy (non-hydrogen) atoms. The van der Waals surface area contributed by atoms with Crippen molar-refractivity contribution in [3.63, 3.8) is 0 Å². The molecule has 0 aliphatic heterocycles. The molecule has 1 saturated carbocycles. The lowest BCUT2D eigenvalue weighted by atomic mass is 10.1. The van der Waals surface area contributed by atoms with E-state index in [1.165, 1.54) is 19.3 Å². The molecule has 0 saturated heterocycles. The summed E-state index contributed by atoms with van der Waals surface area (Å²) in [5.74, 6) is 3.67. The highest BCUT2D eigenvalue weighted by Gasteiger charge is 2.30. The monoisotopic (exact) mass is 192 g/mol. The zero-order valence-corrected chi connectivity index (χ0v) is 9.16. The third-order valence-corrected chi connectivity index (χ3v) is 2.50. The lowest BCUT2D eigenvalue weighted by Gasteiger charge is -2.13. The van der Waals surface area contributed by atoms with Crippen molar-refractivity contribution in [3.8, 4) is 0 Å². The summed E-state index contributed by atoms with van der Waals surface area (Å²) in [5, 5.41) is 4.05. The Labute approximate surface area is 86.8 Å². The largest absolute Gasteiger partial charge is 0.299 e. The molecule has 0 aromatic rings. The molecule has 0 spiro atoms. The Kier molecular flexibility index (Phi) is 5.09. The van der Waals surface area contributed by atoms with Crippen molar-refractivity contribution in [3.05, 3.63) is 18.2 Å². The Morgan fingerprint density at radius 1 is 1.50 bits per heavy atom. The summed E-state index contributed by atoms with van der Waals surface area (Å²) < 4.78 is 0. The van der Waals surface area contributed by atoms with Gasteiger partial charge in [-0.15, -0.1) is 5.10 Å². The second-order valence-electron chi connectivity index (χ2n) is 3.75. The number of nitrogens with one attached hydrogen (secondary N) is 1. The fraction of sp³-hybridized carbons (Fsp3) is 0.667. The Balaban J connectivity index is 2.27. The molecule has 1 atom stereocenters. The van der Waals surface area contributed by atoms with E-state index in [0.717, 1.165) is 12.3 Å². The molecule has 1 unspecified atom stereocenters. The summed E-state index contributed by atoms with van der Waals surface area (Å²) in [5.41, 5.74) is 3.19. The molecule has 1 aliphatic carbocycles. The number of hydrogen-bond acceptors (Lipinski definition) is 2. The van der Waals surface area contributed by atoms with Crippen LogP contribution in [0.2, 0.25) is 0 Å². The topological polar surface area (TPSA) is 24.4 Å². The normalized spacial score (nSPS) is 17.6. The molecule has 0 heterocycles. The second kappa shape index (κ2) is 6.44. The third-order valence-electron chi connectivity index (χ3n) is 2.50. The van der Waals surface area contributed by atoms with Crippen LogP contribution in [0.3, 0.4) is 0 Å². The van der Waals surface area contributed by atoms with E-state index in [4.69, 9.17) is 0 Å². The van der Waals surface area contributed by atoms with Crippen LogP contribution in [0.1, 0.15) is 39.5 Å². The van der Waals surface area contributed by atoms with E-state index in [9.17, 15) is 0 Å². The molecule has 1 rings (SSSR count). The summed E-state index contributed by atoms with van der Waals surface area (Å²) in [6.45, 7) is 3.99. The predicted molar refractivity (Wildman–Crippen MR) is 61.4 cm³/mol. The van der Waals surface area contributed by atoms with Crippen molar-refractivity contribution in [2.75, 3.05) is 0 Å². The fourth-order valence-electron chi connectivity index (χ4n) is 1.53. The van der Waals surface area contributed by atoms with Crippen molar-refractivity contribution in [2.24, 2.45) is 11.0 Å². The van der Waals surface area contributed by atoms with Crippen LogP contribution >= 0.6 is 0 Å². The van der Waals surface area contributed by atoms with Gasteiger partial charge in [0.05, 0.1) is 0 Å². The molecule has 0 aromatic carbocycles. The molecule has 0 aromatic heterocycles. The van der Waals surface area contributed by atoms with Crippen LogP contribution in [0.15, 0.2) is 23.3 Å². The molecule has 1 N–H and O–H groups in total. The SMILES string of the molecule is CC=C=NNC(CC/C=C/C)C1CC1. The van der Waals surface area contributed by atoms with Gasteiger partial charge in [0.2, 0.25) is 0 Å². The van der Waals surface area contributed by atoms with Crippen molar-refractivity contribution in [2.45, 2.75) is 45.6 Å². The van der Waals surface area contributed by atoms with Gasteiger partial charge in [0.1, 0.15) is 0 Å². The minimum Gasteiger partial charge on any atom is -0.299 e. The van der Waals surface area contributed by atoms with Crippen LogP contribution in [-0.2, 0) is 0 Å². The van der Waals surface area contributed by atoms with Gasteiger partial charge in [-0.05, 0) is 51.5 Å². The van der Waals surface area contributed by atoms with Crippen molar-refractivity contribution in [1.29, 1.82) is 0 Å². The first-order valence-corrected chi connectivity index (χ1v) is 5.48. The summed E-state index contributed by atoms with van der Waals surface area (Å²) in [6.07, 6.45) is 11.2. The highest BCUT2D eigenvalue weighted by atomic mass is 15.3. The zero-order chi connectivity index (χ0) is 10.2. The highest BCUT2D eigenvalue weighted by molar-refractivity contribution is 5.50. The van der Waals surface area contributed by atoms with Gasteiger partial charge in [-0.25, -0.2) is 0 Å². The molecule has 1 aliphatic rings. The molecule has 2 nitrogen and oxygen atoms in total. The molecule has 0 radical (unpaired) electrons. The van der Waals surface area contributed by atoms with Gasteiger partial charge < -0.3 is 0 Å². The Bertz CT molecular complexity index is 233. The van der Waals surface area contributed by atoms with Crippen molar-refractivity contribution in [1.82, 2.24) is 5.43 Å². The molecular formula is C12H20N2. The predicted octanol–water partition coefficient (Wildman–Crippen LogP) is 2.87. The van der Waals surface area contributed by atoms with Gasteiger partial charge >= 0.3 is 0 Å². The maximum atomic E-state index is 4.05. The van der Waals surface area contributed by atoms with E-state index >= 15 is 0 Å². The number of allylic oxidation sites excluding steroid dienone is 3. The van der Waals surface area contributed by atoms with Crippen molar-refractivity contribution >= 4 is 5.87 Å².